The molecule has 0 N–H and O–H groups in total. The van der Waals surface area contributed by atoms with Crippen molar-refractivity contribution in [1.82, 2.24) is 4.98 Å². The SMILES string of the molecule is COc1cc(C(F)F)c(CCl)nc1C#N. The fourth-order valence-corrected chi connectivity index (χ4v) is 1.29. The Kier molecular flexibility index (Phi) is 3.81. The average Bonchev–Trinajstić information content (AvgIpc) is 2.26. The second-order valence-corrected chi connectivity index (χ2v) is 2.89. The maximum atomic E-state index is 12.5. The van der Waals surface area contributed by atoms with E-state index in [0.717, 1.165) is 6.07 Å². The van der Waals surface area contributed by atoms with Gasteiger partial charge in [-0.3, -0.25) is 0 Å². The Morgan fingerprint density at radius 3 is 2.73 bits per heavy atom. The number of alkyl halides is 3. The number of pyridine rings is 1. The minimum atomic E-state index is -2.69. The van der Waals surface area contributed by atoms with Crippen LogP contribution in [0.5, 0.6) is 5.75 Å². The van der Waals surface area contributed by atoms with Crippen molar-refractivity contribution in [3.05, 3.63) is 23.0 Å². The van der Waals surface area contributed by atoms with Crippen LogP contribution in [0.25, 0.3) is 0 Å². The van der Waals surface area contributed by atoms with Crippen LogP contribution in [0.1, 0.15) is 23.4 Å². The summed E-state index contributed by atoms with van der Waals surface area (Å²) in [5, 5.41) is 8.68. The van der Waals surface area contributed by atoms with Crippen molar-refractivity contribution >= 4 is 11.6 Å². The number of aromatic nitrogens is 1. The fraction of sp³-hybridized carbons (Fsp3) is 0.333. The van der Waals surface area contributed by atoms with Crippen LogP contribution in [0.2, 0.25) is 0 Å². The van der Waals surface area contributed by atoms with Crippen LogP contribution in [0.4, 0.5) is 8.78 Å². The summed E-state index contributed by atoms with van der Waals surface area (Å²) in [6.45, 7) is 0. The van der Waals surface area contributed by atoms with Gasteiger partial charge in [-0.1, -0.05) is 0 Å². The van der Waals surface area contributed by atoms with Gasteiger partial charge in [0.1, 0.15) is 6.07 Å². The quantitative estimate of drug-likeness (QED) is 0.753. The molecule has 0 aliphatic carbocycles. The summed E-state index contributed by atoms with van der Waals surface area (Å²) in [4.78, 5) is 3.70. The molecule has 6 heteroatoms. The molecule has 0 aromatic carbocycles. The van der Waals surface area contributed by atoms with E-state index in [2.05, 4.69) is 4.98 Å². The Morgan fingerprint density at radius 1 is 1.67 bits per heavy atom. The molecule has 0 aliphatic rings. The summed E-state index contributed by atoms with van der Waals surface area (Å²) < 4.78 is 29.8. The molecule has 0 aliphatic heterocycles. The van der Waals surface area contributed by atoms with Gasteiger partial charge in [0.05, 0.1) is 18.7 Å². The topological polar surface area (TPSA) is 45.9 Å². The average molecular weight is 233 g/mol. The Bertz CT molecular complexity index is 404. The molecule has 0 bridgehead atoms. The highest BCUT2D eigenvalue weighted by Gasteiger charge is 2.18. The molecule has 0 saturated heterocycles. The van der Waals surface area contributed by atoms with Crippen molar-refractivity contribution in [2.45, 2.75) is 12.3 Å². The van der Waals surface area contributed by atoms with Gasteiger partial charge in [0.25, 0.3) is 6.43 Å². The largest absolute Gasteiger partial charge is 0.494 e. The van der Waals surface area contributed by atoms with Crippen molar-refractivity contribution in [1.29, 1.82) is 5.26 Å². The number of methoxy groups -OCH3 is 1. The molecule has 80 valence electrons. The standard InChI is InChI=1S/C9H7ClF2N2O/c1-15-8-2-5(9(11)12)6(3-10)14-7(8)4-13/h2,9H,3H2,1H3. The van der Waals surface area contributed by atoms with Crippen LogP contribution in [-0.4, -0.2) is 12.1 Å². The Labute approximate surface area is 90.3 Å². The molecule has 0 fully saturated rings. The van der Waals surface area contributed by atoms with E-state index in [1.807, 2.05) is 0 Å². The zero-order valence-corrected chi connectivity index (χ0v) is 8.55. The van der Waals surface area contributed by atoms with Crippen LogP contribution in [0.3, 0.4) is 0 Å². The Balaban J connectivity index is 3.36. The third-order valence-corrected chi connectivity index (χ3v) is 2.04. The molecule has 0 unspecified atom stereocenters. The zero-order valence-electron chi connectivity index (χ0n) is 7.80. The lowest BCUT2D eigenvalue weighted by molar-refractivity contribution is 0.149. The van der Waals surface area contributed by atoms with E-state index in [1.165, 1.54) is 7.11 Å². The molecule has 0 spiro atoms. The van der Waals surface area contributed by atoms with Gasteiger partial charge in [0.2, 0.25) is 0 Å². The molecule has 3 nitrogen and oxygen atoms in total. The number of nitriles is 1. The molecule has 0 saturated carbocycles. The van der Waals surface area contributed by atoms with E-state index in [9.17, 15) is 8.78 Å². The van der Waals surface area contributed by atoms with Gasteiger partial charge in [-0.15, -0.1) is 11.6 Å². The molecule has 0 amide bonds. The van der Waals surface area contributed by atoms with Gasteiger partial charge in [-0.2, -0.15) is 5.26 Å². The summed E-state index contributed by atoms with van der Waals surface area (Å²) in [7, 11) is 1.29. The third-order valence-electron chi connectivity index (χ3n) is 1.79. The highest BCUT2D eigenvalue weighted by atomic mass is 35.5. The summed E-state index contributed by atoms with van der Waals surface area (Å²) >= 11 is 5.45. The molecule has 0 atom stereocenters. The highest BCUT2D eigenvalue weighted by Crippen LogP contribution is 2.28. The van der Waals surface area contributed by atoms with Gasteiger partial charge in [0, 0.05) is 5.56 Å². The monoisotopic (exact) mass is 232 g/mol. The normalized spacial score (nSPS) is 10.1. The summed E-state index contributed by atoms with van der Waals surface area (Å²) in [6, 6.07) is 2.84. The summed E-state index contributed by atoms with van der Waals surface area (Å²) in [5.41, 5.74) is -0.345. The fourth-order valence-electron chi connectivity index (χ4n) is 1.08. The van der Waals surface area contributed by atoms with Crippen molar-refractivity contribution < 1.29 is 13.5 Å². The number of rotatable bonds is 3. The molecule has 15 heavy (non-hydrogen) atoms. The zero-order chi connectivity index (χ0) is 11.4. The van der Waals surface area contributed by atoms with Gasteiger partial charge in [-0.25, -0.2) is 13.8 Å². The summed E-state index contributed by atoms with van der Waals surface area (Å²) in [5.74, 6) is -0.139. The smallest absolute Gasteiger partial charge is 0.265 e. The minimum Gasteiger partial charge on any atom is -0.494 e. The molecule has 0 radical (unpaired) electrons. The molecule has 1 rings (SSSR count). The van der Waals surface area contributed by atoms with Gasteiger partial charge in [-0.05, 0) is 6.07 Å². The Morgan fingerprint density at radius 2 is 2.33 bits per heavy atom. The van der Waals surface area contributed by atoms with E-state index >= 15 is 0 Å². The number of hydrogen-bond acceptors (Lipinski definition) is 3. The van der Waals surface area contributed by atoms with Crippen LogP contribution in [0, 0.1) is 11.3 Å². The first-order valence-corrected chi connectivity index (χ1v) is 4.49. The van der Waals surface area contributed by atoms with E-state index in [1.54, 1.807) is 6.07 Å². The van der Waals surface area contributed by atoms with Gasteiger partial charge >= 0.3 is 0 Å². The second kappa shape index (κ2) is 4.89. The molecule has 1 aromatic heterocycles. The molecule has 1 heterocycles. The van der Waals surface area contributed by atoms with Crippen molar-refractivity contribution in [3.63, 3.8) is 0 Å². The Hall–Kier alpha value is -1.41. The van der Waals surface area contributed by atoms with E-state index < -0.39 is 6.43 Å². The molecule has 1 aromatic rings. The highest BCUT2D eigenvalue weighted by molar-refractivity contribution is 6.17. The number of ether oxygens (including phenoxy) is 1. The molecular formula is C9H7ClF2N2O. The lowest BCUT2D eigenvalue weighted by Crippen LogP contribution is -2.01. The van der Waals surface area contributed by atoms with Crippen LogP contribution < -0.4 is 4.74 Å². The van der Waals surface area contributed by atoms with Crippen molar-refractivity contribution in [2.75, 3.05) is 7.11 Å². The van der Waals surface area contributed by atoms with E-state index in [-0.39, 0.29) is 28.6 Å². The lowest BCUT2D eigenvalue weighted by atomic mass is 10.2. The van der Waals surface area contributed by atoms with Gasteiger partial charge < -0.3 is 4.74 Å². The first-order valence-electron chi connectivity index (χ1n) is 3.96. The van der Waals surface area contributed by atoms with Crippen LogP contribution in [0.15, 0.2) is 6.07 Å². The van der Waals surface area contributed by atoms with Gasteiger partial charge in [0.15, 0.2) is 11.4 Å². The van der Waals surface area contributed by atoms with Crippen molar-refractivity contribution in [3.8, 4) is 11.8 Å². The maximum absolute atomic E-state index is 12.5. The van der Waals surface area contributed by atoms with Crippen LogP contribution in [-0.2, 0) is 5.88 Å². The number of halogens is 3. The lowest BCUT2D eigenvalue weighted by Gasteiger charge is -2.09. The third kappa shape index (κ3) is 2.34. The van der Waals surface area contributed by atoms with Crippen molar-refractivity contribution in [2.24, 2.45) is 0 Å². The number of nitrogens with zero attached hydrogens (tertiary/aromatic N) is 2. The second-order valence-electron chi connectivity index (χ2n) is 2.62. The maximum Gasteiger partial charge on any atom is 0.265 e. The first kappa shape index (κ1) is 11.7. The minimum absolute atomic E-state index is 0.00372. The summed E-state index contributed by atoms with van der Waals surface area (Å²) in [6.07, 6.45) is -2.69. The number of hydrogen-bond donors (Lipinski definition) is 0. The predicted molar refractivity (Wildman–Crippen MR) is 50.0 cm³/mol. The van der Waals surface area contributed by atoms with Crippen LogP contribution >= 0.6 is 11.6 Å². The predicted octanol–water partition coefficient (Wildman–Crippen LogP) is 2.64. The molecular weight excluding hydrogens is 226 g/mol. The first-order chi connectivity index (χ1) is 7.13. The van der Waals surface area contributed by atoms with E-state index in [4.69, 9.17) is 21.6 Å². The van der Waals surface area contributed by atoms with E-state index in [0.29, 0.717) is 0 Å².